The van der Waals surface area contributed by atoms with Crippen molar-refractivity contribution >= 4 is 17.8 Å². The maximum Gasteiger partial charge on any atom is 0.228 e. The minimum atomic E-state index is -0.197. The molecule has 2 aliphatic rings. The van der Waals surface area contributed by atoms with Crippen LogP contribution in [0.15, 0.2) is 12.3 Å². The molecule has 0 bridgehead atoms. The quantitative estimate of drug-likeness (QED) is 0.772. The third-order valence-corrected chi connectivity index (χ3v) is 4.65. The van der Waals surface area contributed by atoms with E-state index in [4.69, 9.17) is 4.74 Å². The van der Waals surface area contributed by atoms with Gasteiger partial charge in [0.15, 0.2) is 0 Å². The first kappa shape index (κ1) is 16.5. The van der Waals surface area contributed by atoms with Crippen LogP contribution in [0.2, 0.25) is 0 Å². The molecule has 0 spiro atoms. The third kappa shape index (κ3) is 3.27. The van der Waals surface area contributed by atoms with E-state index in [1.165, 1.54) is 0 Å². The fraction of sp³-hybridized carbons (Fsp3) is 0.625. The van der Waals surface area contributed by atoms with Crippen LogP contribution in [0.4, 0.5) is 5.95 Å². The van der Waals surface area contributed by atoms with Gasteiger partial charge >= 0.3 is 0 Å². The summed E-state index contributed by atoms with van der Waals surface area (Å²) in [6.45, 7) is 5.76. The van der Waals surface area contributed by atoms with E-state index in [1.807, 2.05) is 16.7 Å². The van der Waals surface area contributed by atoms with E-state index in [2.05, 4.69) is 9.97 Å². The molecule has 0 aromatic carbocycles. The van der Waals surface area contributed by atoms with E-state index in [9.17, 15) is 9.59 Å². The topological polar surface area (TPSA) is 78.9 Å². The van der Waals surface area contributed by atoms with Gasteiger partial charge in [-0.2, -0.15) is 4.98 Å². The minimum absolute atomic E-state index is 0.0827. The van der Waals surface area contributed by atoms with Gasteiger partial charge in [0.2, 0.25) is 23.6 Å². The number of ether oxygens (including phenoxy) is 1. The maximum atomic E-state index is 12.6. The standard InChI is InChI=1S/C16H23N5O3/c1-3-19-11-12(10-14(19)22)15(23)20-6-8-21(9-7-20)16-17-5-4-13(18-16)24-2/h4-5,12H,3,6-11H2,1-2H3. The van der Waals surface area contributed by atoms with Gasteiger partial charge in [0.25, 0.3) is 0 Å². The number of carbonyl (C=O) groups is 2. The number of hydrogen-bond donors (Lipinski definition) is 0. The molecular weight excluding hydrogens is 310 g/mol. The molecule has 1 aromatic rings. The second-order valence-electron chi connectivity index (χ2n) is 6.04. The summed E-state index contributed by atoms with van der Waals surface area (Å²) in [5.41, 5.74) is 0. The van der Waals surface area contributed by atoms with Crippen LogP contribution in [0.25, 0.3) is 0 Å². The molecule has 2 amide bonds. The Hall–Kier alpha value is -2.38. The van der Waals surface area contributed by atoms with Gasteiger partial charge in [0.1, 0.15) is 0 Å². The van der Waals surface area contributed by atoms with Crippen LogP contribution in [0.3, 0.4) is 0 Å². The lowest BCUT2D eigenvalue weighted by molar-refractivity contribution is -0.136. The number of nitrogens with zero attached hydrogens (tertiary/aromatic N) is 5. The summed E-state index contributed by atoms with van der Waals surface area (Å²) >= 11 is 0. The lowest BCUT2D eigenvalue weighted by Gasteiger charge is -2.35. The number of aromatic nitrogens is 2. The first-order chi connectivity index (χ1) is 11.6. The zero-order valence-corrected chi connectivity index (χ0v) is 14.1. The molecule has 2 saturated heterocycles. The summed E-state index contributed by atoms with van der Waals surface area (Å²) in [7, 11) is 1.57. The van der Waals surface area contributed by atoms with Crippen LogP contribution in [0.5, 0.6) is 5.88 Å². The summed E-state index contributed by atoms with van der Waals surface area (Å²) < 4.78 is 5.12. The number of amides is 2. The Labute approximate surface area is 141 Å². The normalized spacial score (nSPS) is 21.3. The summed E-state index contributed by atoms with van der Waals surface area (Å²) in [6, 6.07) is 1.71. The van der Waals surface area contributed by atoms with Crippen molar-refractivity contribution in [2.75, 3.05) is 51.3 Å². The summed E-state index contributed by atoms with van der Waals surface area (Å²) in [5.74, 6) is 1.12. The Morgan fingerprint density at radius 1 is 1.33 bits per heavy atom. The van der Waals surface area contributed by atoms with E-state index < -0.39 is 0 Å². The van der Waals surface area contributed by atoms with Crippen LogP contribution >= 0.6 is 0 Å². The van der Waals surface area contributed by atoms with Crippen LogP contribution in [0.1, 0.15) is 13.3 Å². The van der Waals surface area contributed by atoms with Gasteiger partial charge in [-0.25, -0.2) is 4.98 Å². The lowest BCUT2D eigenvalue weighted by Crippen LogP contribution is -2.51. The second-order valence-corrected chi connectivity index (χ2v) is 6.04. The van der Waals surface area contributed by atoms with Crippen LogP contribution in [0, 0.1) is 5.92 Å². The molecule has 8 heteroatoms. The highest BCUT2D eigenvalue weighted by Gasteiger charge is 2.36. The van der Waals surface area contributed by atoms with Crippen molar-refractivity contribution in [2.24, 2.45) is 5.92 Å². The summed E-state index contributed by atoms with van der Waals surface area (Å²) in [6.07, 6.45) is 2.01. The number of methoxy groups -OCH3 is 1. The summed E-state index contributed by atoms with van der Waals surface area (Å²) in [5, 5.41) is 0. The van der Waals surface area contributed by atoms with E-state index in [-0.39, 0.29) is 17.7 Å². The zero-order valence-electron chi connectivity index (χ0n) is 14.1. The van der Waals surface area contributed by atoms with Gasteiger partial charge in [-0.05, 0) is 6.92 Å². The van der Waals surface area contributed by atoms with Gasteiger partial charge in [-0.1, -0.05) is 0 Å². The Morgan fingerprint density at radius 2 is 2.08 bits per heavy atom. The average molecular weight is 333 g/mol. The molecule has 1 unspecified atom stereocenters. The molecule has 2 aliphatic heterocycles. The van der Waals surface area contributed by atoms with Gasteiger partial charge in [0, 0.05) is 58.0 Å². The largest absolute Gasteiger partial charge is 0.481 e. The Bertz CT molecular complexity index is 615. The Kier molecular flexibility index (Phi) is 4.82. The molecule has 0 aliphatic carbocycles. The first-order valence-electron chi connectivity index (χ1n) is 8.31. The predicted octanol–water partition coefficient (Wildman–Crippen LogP) is 0.00220. The summed E-state index contributed by atoms with van der Waals surface area (Å²) in [4.78, 5) is 38.7. The van der Waals surface area contributed by atoms with Crippen molar-refractivity contribution < 1.29 is 14.3 Å². The number of likely N-dealkylation sites (tertiary alicyclic amines) is 1. The molecule has 3 rings (SSSR count). The first-order valence-corrected chi connectivity index (χ1v) is 8.31. The van der Waals surface area contributed by atoms with Gasteiger partial charge in [-0.15, -0.1) is 0 Å². The molecule has 130 valence electrons. The van der Waals surface area contributed by atoms with Crippen LogP contribution in [-0.4, -0.2) is 78.0 Å². The fourth-order valence-corrected chi connectivity index (χ4v) is 3.23. The van der Waals surface area contributed by atoms with Gasteiger partial charge in [0.05, 0.1) is 13.0 Å². The molecule has 1 aromatic heterocycles. The number of carbonyl (C=O) groups excluding carboxylic acids is 2. The molecule has 0 radical (unpaired) electrons. The smallest absolute Gasteiger partial charge is 0.228 e. The number of rotatable bonds is 4. The highest BCUT2D eigenvalue weighted by Crippen LogP contribution is 2.21. The second kappa shape index (κ2) is 7.02. The molecule has 0 saturated carbocycles. The van der Waals surface area contributed by atoms with Crippen molar-refractivity contribution in [3.8, 4) is 5.88 Å². The SMILES string of the molecule is CCN1CC(C(=O)N2CCN(c3nccc(OC)n3)CC2)CC1=O. The van der Waals surface area contributed by atoms with Crippen molar-refractivity contribution in [3.05, 3.63) is 12.3 Å². The Morgan fingerprint density at radius 3 is 2.71 bits per heavy atom. The molecule has 3 heterocycles. The molecular formula is C16H23N5O3. The van der Waals surface area contributed by atoms with Gasteiger partial charge < -0.3 is 19.4 Å². The van der Waals surface area contributed by atoms with Crippen molar-refractivity contribution in [1.29, 1.82) is 0 Å². The number of piperazine rings is 1. The number of anilines is 1. The highest BCUT2D eigenvalue weighted by molar-refractivity contribution is 5.89. The molecule has 0 N–H and O–H groups in total. The third-order valence-electron chi connectivity index (χ3n) is 4.65. The van der Waals surface area contributed by atoms with Crippen molar-refractivity contribution in [1.82, 2.24) is 19.8 Å². The van der Waals surface area contributed by atoms with Crippen molar-refractivity contribution in [2.45, 2.75) is 13.3 Å². The highest BCUT2D eigenvalue weighted by atomic mass is 16.5. The Balaban J connectivity index is 1.57. The zero-order chi connectivity index (χ0) is 17.1. The molecule has 24 heavy (non-hydrogen) atoms. The van der Waals surface area contributed by atoms with E-state index in [1.54, 1.807) is 24.3 Å². The monoisotopic (exact) mass is 333 g/mol. The predicted molar refractivity (Wildman–Crippen MR) is 87.7 cm³/mol. The average Bonchev–Trinajstić information content (AvgIpc) is 3.02. The maximum absolute atomic E-state index is 12.6. The van der Waals surface area contributed by atoms with Crippen LogP contribution < -0.4 is 9.64 Å². The van der Waals surface area contributed by atoms with Crippen molar-refractivity contribution in [3.63, 3.8) is 0 Å². The molecule has 2 fully saturated rings. The molecule has 1 atom stereocenters. The van der Waals surface area contributed by atoms with Gasteiger partial charge in [-0.3, -0.25) is 9.59 Å². The molecule has 8 nitrogen and oxygen atoms in total. The minimum Gasteiger partial charge on any atom is -0.481 e. The fourth-order valence-electron chi connectivity index (χ4n) is 3.23. The lowest BCUT2D eigenvalue weighted by atomic mass is 10.1. The van der Waals surface area contributed by atoms with E-state index in [0.717, 1.165) is 0 Å². The van der Waals surface area contributed by atoms with Crippen LogP contribution in [-0.2, 0) is 9.59 Å². The van der Waals surface area contributed by atoms with E-state index >= 15 is 0 Å². The van der Waals surface area contributed by atoms with E-state index in [0.29, 0.717) is 57.5 Å². The number of hydrogen-bond acceptors (Lipinski definition) is 6.